The first-order valence-electron chi connectivity index (χ1n) is 7.67. The quantitative estimate of drug-likeness (QED) is 0.542. The Labute approximate surface area is 136 Å². The van der Waals surface area contributed by atoms with E-state index in [-0.39, 0.29) is 5.91 Å². The molecule has 2 rings (SSSR count). The molecule has 122 valence electrons. The summed E-state index contributed by atoms with van der Waals surface area (Å²) < 4.78 is 4.95. The minimum Gasteiger partial charge on any atom is -0.399 e. The molecule has 23 heavy (non-hydrogen) atoms. The molecule has 0 heterocycles. The Hall–Kier alpha value is -2.53. The number of methoxy groups -OCH3 is 1. The molecule has 0 fully saturated rings. The minimum absolute atomic E-state index is 0.175. The number of nitrogen functional groups attached to an aromatic ring is 1. The number of amides is 1. The Bertz CT molecular complexity index is 671. The second-order valence-corrected chi connectivity index (χ2v) is 5.19. The van der Waals surface area contributed by atoms with Crippen molar-refractivity contribution < 1.29 is 9.53 Å². The van der Waals surface area contributed by atoms with E-state index >= 15 is 0 Å². The fourth-order valence-electron chi connectivity index (χ4n) is 2.32. The number of carbonyl (C=O) groups is 1. The third-order valence-electron chi connectivity index (χ3n) is 3.55. The second-order valence-electron chi connectivity index (χ2n) is 5.19. The molecule has 0 aromatic heterocycles. The first-order chi connectivity index (χ1) is 11.2. The van der Waals surface area contributed by atoms with E-state index in [4.69, 9.17) is 10.5 Å². The number of rotatable bonds is 7. The zero-order valence-corrected chi connectivity index (χ0v) is 13.6. The third-order valence-corrected chi connectivity index (χ3v) is 3.55. The number of hydrogen-bond acceptors (Lipinski definition) is 4. The molecule has 0 aliphatic carbocycles. The van der Waals surface area contributed by atoms with Crippen LogP contribution < -0.4 is 16.4 Å². The van der Waals surface area contributed by atoms with Gasteiger partial charge in [-0.1, -0.05) is 25.1 Å². The average Bonchev–Trinajstić information content (AvgIpc) is 2.57. The van der Waals surface area contributed by atoms with Crippen LogP contribution in [0.2, 0.25) is 0 Å². The van der Waals surface area contributed by atoms with Crippen molar-refractivity contribution in [1.29, 1.82) is 0 Å². The number of para-hydroxylation sites is 1. The number of ether oxygens (including phenoxy) is 1. The standard InChI is InChI=1S/C18H23N3O2/c1-3-13-6-4-5-7-16(13)21-17-9-8-14(19)12-15(17)18(22)20-10-11-23-2/h4-9,12,21H,3,10-11,19H2,1-2H3,(H,20,22). The SMILES string of the molecule is CCc1ccccc1Nc1ccc(N)cc1C(=O)NCCOC. The molecule has 0 aliphatic heterocycles. The Morgan fingerprint density at radius 2 is 1.96 bits per heavy atom. The molecule has 2 aromatic carbocycles. The summed E-state index contributed by atoms with van der Waals surface area (Å²) >= 11 is 0. The van der Waals surface area contributed by atoms with Crippen LogP contribution >= 0.6 is 0 Å². The van der Waals surface area contributed by atoms with Crippen molar-refractivity contribution >= 4 is 23.0 Å². The van der Waals surface area contributed by atoms with Crippen LogP contribution in [-0.4, -0.2) is 26.2 Å². The molecule has 5 heteroatoms. The highest BCUT2D eigenvalue weighted by Crippen LogP contribution is 2.25. The van der Waals surface area contributed by atoms with Crippen LogP contribution in [0.5, 0.6) is 0 Å². The van der Waals surface area contributed by atoms with E-state index in [0.717, 1.165) is 17.8 Å². The molecule has 2 aromatic rings. The number of hydrogen-bond donors (Lipinski definition) is 3. The zero-order valence-electron chi connectivity index (χ0n) is 13.6. The van der Waals surface area contributed by atoms with Crippen molar-refractivity contribution in [2.45, 2.75) is 13.3 Å². The van der Waals surface area contributed by atoms with Crippen molar-refractivity contribution in [3.8, 4) is 0 Å². The fourth-order valence-corrected chi connectivity index (χ4v) is 2.32. The third kappa shape index (κ3) is 4.47. The predicted molar refractivity (Wildman–Crippen MR) is 94.2 cm³/mol. The van der Waals surface area contributed by atoms with E-state index in [1.54, 1.807) is 19.2 Å². The maximum absolute atomic E-state index is 12.4. The van der Waals surface area contributed by atoms with Gasteiger partial charge in [0.1, 0.15) is 0 Å². The summed E-state index contributed by atoms with van der Waals surface area (Å²) in [4.78, 5) is 12.4. The number of anilines is 3. The lowest BCUT2D eigenvalue weighted by Gasteiger charge is -2.15. The molecular formula is C18H23N3O2. The summed E-state index contributed by atoms with van der Waals surface area (Å²) in [5.41, 5.74) is 9.82. The Morgan fingerprint density at radius 3 is 2.70 bits per heavy atom. The van der Waals surface area contributed by atoms with Crippen LogP contribution in [0.15, 0.2) is 42.5 Å². The van der Waals surface area contributed by atoms with Gasteiger partial charge in [-0.05, 0) is 36.2 Å². The van der Waals surface area contributed by atoms with Crippen molar-refractivity contribution in [3.63, 3.8) is 0 Å². The molecule has 0 bridgehead atoms. The smallest absolute Gasteiger partial charge is 0.253 e. The predicted octanol–water partition coefficient (Wildman–Crippen LogP) is 2.95. The molecule has 0 atom stereocenters. The van der Waals surface area contributed by atoms with Gasteiger partial charge in [0.15, 0.2) is 0 Å². The Kier molecular flexibility index (Phi) is 6.00. The normalized spacial score (nSPS) is 10.3. The van der Waals surface area contributed by atoms with E-state index in [0.29, 0.717) is 24.4 Å². The topological polar surface area (TPSA) is 76.4 Å². The van der Waals surface area contributed by atoms with Crippen LogP contribution in [0.1, 0.15) is 22.8 Å². The molecule has 0 unspecified atom stereocenters. The van der Waals surface area contributed by atoms with Crippen LogP contribution in [-0.2, 0) is 11.2 Å². The summed E-state index contributed by atoms with van der Waals surface area (Å²) in [5.74, 6) is -0.175. The lowest BCUT2D eigenvalue weighted by molar-refractivity contribution is 0.0938. The molecule has 0 saturated carbocycles. The van der Waals surface area contributed by atoms with Gasteiger partial charge >= 0.3 is 0 Å². The fraction of sp³-hybridized carbons (Fsp3) is 0.278. The molecule has 5 nitrogen and oxygen atoms in total. The highest BCUT2D eigenvalue weighted by Gasteiger charge is 2.12. The van der Waals surface area contributed by atoms with Gasteiger partial charge in [0.25, 0.3) is 5.91 Å². The van der Waals surface area contributed by atoms with Crippen molar-refractivity contribution in [2.75, 3.05) is 31.3 Å². The average molecular weight is 313 g/mol. The van der Waals surface area contributed by atoms with Gasteiger partial charge in [-0.2, -0.15) is 0 Å². The van der Waals surface area contributed by atoms with Crippen molar-refractivity contribution in [3.05, 3.63) is 53.6 Å². The number of benzene rings is 2. The second kappa shape index (κ2) is 8.19. The number of nitrogens with two attached hydrogens (primary N) is 1. The van der Waals surface area contributed by atoms with Crippen LogP contribution in [0, 0.1) is 0 Å². The summed E-state index contributed by atoms with van der Waals surface area (Å²) in [5, 5.41) is 6.17. The van der Waals surface area contributed by atoms with Gasteiger partial charge in [0.2, 0.25) is 0 Å². The summed E-state index contributed by atoms with van der Waals surface area (Å²) in [6.45, 7) is 3.02. The number of aryl methyl sites for hydroxylation is 1. The molecular weight excluding hydrogens is 290 g/mol. The van der Waals surface area contributed by atoms with Crippen molar-refractivity contribution in [1.82, 2.24) is 5.32 Å². The van der Waals surface area contributed by atoms with Gasteiger partial charge in [0, 0.05) is 25.0 Å². The van der Waals surface area contributed by atoms with E-state index in [9.17, 15) is 4.79 Å². The minimum atomic E-state index is -0.175. The molecule has 0 aliphatic rings. The molecule has 0 spiro atoms. The van der Waals surface area contributed by atoms with E-state index in [1.165, 1.54) is 5.56 Å². The highest BCUT2D eigenvalue weighted by molar-refractivity contribution is 6.01. The maximum Gasteiger partial charge on any atom is 0.253 e. The van der Waals surface area contributed by atoms with Gasteiger partial charge < -0.3 is 21.1 Å². The maximum atomic E-state index is 12.4. The van der Waals surface area contributed by atoms with Crippen molar-refractivity contribution in [2.24, 2.45) is 0 Å². The summed E-state index contributed by atoms with van der Waals surface area (Å²) in [7, 11) is 1.60. The highest BCUT2D eigenvalue weighted by atomic mass is 16.5. The Balaban J connectivity index is 2.26. The first-order valence-corrected chi connectivity index (χ1v) is 7.67. The molecule has 1 amide bonds. The number of carbonyl (C=O) groups excluding carboxylic acids is 1. The largest absolute Gasteiger partial charge is 0.399 e. The van der Waals surface area contributed by atoms with Crippen LogP contribution in [0.3, 0.4) is 0 Å². The van der Waals surface area contributed by atoms with E-state index in [1.807, 2.05) is 24.3 Å². The molecule has 0 saturated heterocycles. The lowest BCUT2D eigenvalue weighted by atomic mass is 10.1. The van der Waals surface area contributed by atoms with Crippen LogP contribution in [0.4, 0.5) is 17.1 Å². The monoisotopic (exact) mass is 313 g/mol. The van der Waals surface area contributed by atoms with Crippen LogP contribution in [0.25, 0.3) is 0 Å². The van der Waals surface area contributed by atoms with Gasteiger partial charge in [-0.25, -0.2) is 0 Å². The van der Waals surface area contributed by atoms with Gasteiger partial charge in [-0.15, -0.1) is 0 Å². The zero-order chi connectivity index (χ0) is 16.7. The van der Waals surface area contributed by atoms with Gasteiger partial charge in [-0.3, -0.25) is 4.79 Å². The number of nitrogens with one attached hydrogen (secondary N) is 2. The lowest BCUT2D eigenvalue weighted by Crippen LogP contribution is -2.27. The van der Waals surface area contributed by atoms with Gasteiger partial charge in [0.05, 0.1) is 17.9 Å². The summed E-state index contributed by atoms with van der Waals surface area (Å²) in [6, 6.07) is 13.3. The van der Waals surface area contributed by atoms with E-state index < -0.39 is 0 Å². The molecule has 4 N–H and O–H groups in total. The summed E-state index contributed by atoms with van der Waals surface area (Å²) in [6.07, 6.45) is 0.910. The Morgan fingerprint density at radius 1 is 1.17 bits per heavy atom. The molecule has 0 radical (unpaired) electrons. The first kappa shape index (κ1) is 16.8. The van der Waals surface area contributed by atoms with E-state index in [2.05, 4.69) is 23.6 Å².